The quantitative estimate of drug-likeness (QED) is 0.835. The number of cyclic esters (lactones) is 1. The highest BCUT2D eigenvalue weighted by atomic mass is 16.6. The minimum atomic E-state index is -0.606. The van der Waals surface area contributed by atoms with Gasteiger partial charge in [-0.3, -0.25) is 4.79 Å². The van der Waals surface area contributed by atoms with Crippen LogP contribution in [-0.4, -0.2) is 36.2 Å². The summed E-state index contributed by atoms with van der Waals surface area (Å²) in [7, 11) is 0. The van der Waals surface area contributed by atoms with Gasteiger partial charge in [0.05, 0.1) is 6.04 Å². The van der Waals surface area contributed by atoms with E-state index in [1.54, 1.807) is 13.8 Å². The monoisotopic (exact) mass is 263 g/mol. The molecule has 0 bridgehead atoms. The van der Waals surface area contributed by atoms with Crippen LogP contribution in [0.3, 0.4) is 0 Å². The normalized spacial score (nSPS) is 22.4. The van der Waals surface area contributed by atoms with Crippen LogP contribution in [-0.2, 0) is 14.3 Å². The smallest absolute Gasteiger partial charge is 0.417 e. The third-order valence-corrected chi connectivity index (χ3v) is 3.10. The van der Waals surface area contributed by atoms with Crippen molar-refractivity contribution >= 4 is 12.0 Å². The standard InChI is InChI=1S/C14H17NO4/c1-3-18-9-12(16)15-10(2)13(19-14(15)17)11-7-5-4-6-8-11/h4-8,10,13H,3,9H2,1-2H3/t10-,13-/m1/s1. The molecule has 2 atom stereocenters. The molecule has 0 radical (unpaired) electrons. The lowest BCUT2D eigenvalue weighted by Gasteiger charge is -2.19. The van der Waals surface area contributed by atoms with Crippen molar-refractivity contribution in [2.24, 2.45) is 0 Å². The minimum Gasteiger partial charge on any atom is -0.439 e. The Bertz CT molecular complexity index is 460. The molecule has 0 saturated carbocycles. The average Bonchev–Trinajstić information content (AvgIpc) is 2.72. The molecule has 1 aliphatic rings. The molecule has 1 aromatic carbocycles. The second-order valence-electron chi connectivity index (χ2n) is 4.36. The van der Waals surface area contributed by atoms with E-state index in [1.807, 2.05) is 30.3 Å². The van der Waals surface area contributed by atoms with E-state index >= 15 is 0 Å². The number of ether oxygens (including phenoxy) is 2. The van der Waals surface area contributed by atoms with Gasteiger partial charge < -0.3 is 9.47 Å². The highest BCUT2D eigenvalue weighted by molar-refractivity contribution is 5.94. The lowest BCUT2D eigenvalue weighted by molar-refractivity contribution is -0.133. The van der Waals surface area contributed by atoms with Crippen LogP contribution < -0.4 is 0 Å². The SMILES string of the molecule is CCOCC(=O)N1C(=O)O[C@@H](c2ccccc2)[C@H]1C. The summed E-state index contributed by atoms with van der Waals surface area (Å²) in [5.74, 6) is -0.363. The number of rotatable bonds is 4. The maximum absolute atomic E-state index is 11.9. The summed E-state index contributed by atoms with van der Waals surface area (Å²) in [6, 6.07) is 9.07. The highest BCUT2D eigenvalue weighted by Gasteiger charge is 2.43. The van der Waals surface area contributed by atoms with Gasteiger partial charge in [-0.05, 0) is 19.4 Å². The van der Waals surface area contributed by atoms with Crippen LogP contribution in [0.25, 0.3) is 0 Å². The number of hydrogen-bond donors (Lipinski definition) is 0. The Balaban J connectivity index is 2.12. The molecule has 2 amide bonds. The number of hydrogen-bond acceptors (Lipinski definition) is 4. The Hall–Kier alpha value is -1.88. The van der Waals surface area contributed by atoms with Gasteiger partial charge in [0.2, 0.25) is 0 Å². The lowest BCUT2D eigenvalue weighted by Crippen LogP contribution is -2.40. The fraction of sp³-hybridized carbons (Fsp3) is 0.429. The van der Waals surface area contributed by atoms with E-state index in [2.05, 4.69) is 0 Å². The zero-order chi connectivity index (χ0) is 13.8. The van der Waals surface area contributed by atoms with Crippen LogP contribution in [0.15, 0.2) is 30.3 Å². The molecule has 0 N–H and O–H groups in total. The minimum absolute atomic E-state index is 0.0998. The molecule has 1 aromatic rings. The highest BCUT2D eigenvalue weighted by Crippen LogP contribution is 2.32. The van der Waals surface area contributed by atoms with Crippen LogP contribution in [0.1, 0.15) is 25.5 Å². The summed E-state index contributed by atoms with van der Waals surface area (Å²) in [6.07, 6.45) is -1.02. The molecule has 0 spiro atoms. The largest absolute Gasteiger partial charge is 0.439 e. The molecular formula is C14H17NO4. The Morgan fingerprint density at radius 1 is 1.37 bits per heavy atom. The molecule has 1 fully saturated rings. The Morgan fingerprint density at radius 3 is 2.68 bits per heavy atom. The molecule has 1 aliphatic heterocycles. The van der Waals surface area contributed by atoms with E-state index in [0.717, 1.165) is 10.5 Å². The predicted molar refractivity (Wildman–Crippen MR) is 68.5 cm³/mol. The molecular weight excluding hydrogens is 246 g/mol. The maximum Gasteiger partial charge on any atom is 0.417 e. The van der Waals surface area contributed by atoms with Crippen molar-refractivity contribution in [1.29, 1.82) is 0 Å². The average molecular weight is 263 g/mol. The number of carbonyl (C=O) groups excluding carboxylic acids is 2. The van der Waals surface area contributed by atoms with Crippen LogP contribution in [0.2, 0.25) is 0 Å². The first kappa shape index (κ1) is 13.5. The first-order chi connectivity index (χ1) is 9.15. The molecule has 19 heavy (non-hydrogen) atoms. The summed E-state index contributed by atoms with van der Waals surface area (Å²) in [4.78, 5) is 24.8. The first-order valence-corrected chi connectivity index (χ1v) is 6.30. The van der Waals surface area contributed by atoms with E-state index in [1.165, 1.54) is 0 Å². The van der Waals surface area contributed by atoms with Crippen LogP contribution in [0.5, 0.6) is 0 Å². The van der Waals surface area contributed by atoms with Gasteiger partial charge in [-0.25, -0.2) is 9.69 Å². The molecule has 0 unspecified atom stereocenters. The fourth-order valence-corrected chi connectivity index (χ4v) is 2.14. The van der Waals surface area contributed by atoms with Gasteiger partial charge in [0.1, 0.15) is 12.7 Å². The third kappa shape index (κ3) is 2.76. The maximum atomic E-state index is 11.9. The van der Waals surface area contributed by atoms with E-state index in [-0.39, 0.29) is 18.6 Å². The van der Waals surface area contributed by atoms with Gasteiger partial charge in [0.25, 0.3) is 5.91 Å². The molecule has 1 heterocycles. The first-order valence-electron chi connectivity index (χ1n) is 6.30. The lowest BCUT2D eigenvalue weighted by atomic mass is 10.0. The van der Waals surface area contributed by atoms with E-state index in [0.29, 0.717) is 6.61 Å². The van der Waals surface area contributed by atoms with Crippen LogP contribution in [0, 0.1) is 0 Å². The van der Waals surface area contributed by atoms with Gasteiger partial charge in [-0.2, -0.15) is 0 Å². The van der Waals surface area contributed by atoms with Crippen molar-refractivity contribution in [1.82, 2.24) is 4.90 Å². The van der Waals surface area contributed by atoms with Crippen molar-refractivity contribution in [2.45, 2.75) is 26.0 Å². The topological polar surface area (TPSA) is 55.8 Å². The fourth-order valence-electron chi connectivity index (χ4n) is 2.14. The summed E-state index contributed by atoms with van der Waals surface area (Å²) >= 11 is 0. The molecule has 0 aromatic heterocycles. The Kier molecular flexibility index (Phi) is 4.16. The van der Waals surface area contributed by atoms with Crippen molar-refractivity contribution in [2.75, 3.05) is 13.2 Å². The van der Waals surface area contributed by atoms with Crippen molar-refractivity contribution in [3.8, 4) is 0 Å². The molecule has 2 rings (SSSR count). The molecule has 5 nitrogen and oxygen atoms in total. The number of carbonyl (C=O) groups is 2. The number of nitrogens with zero attached hydrogens (tertiary/aromatic N) is 1. The summed E-state index contributed by atoms with van der Waals surface area (Å²) in [6.45, 7) is 3.93. The van der Waals surface area contributed by atoms with Crippen LogP contribution in [0.4, 0.5) is 4.79 Å². The second kappa shape index (κ2) is 5.84. The summed E-state index contributed by atoms with van der Waals surface area (Å²) in [5.41, 5.74) is 0.884. The Labute approximate surface area is 112 Å². The molecule has 102 valence electrons. The summed E-state index contributed by atoms with van der Waals surface area (Å²) < 4.78 is 10.3. The molecule has 5 heteroatoms. The molecule has 0 aliphatic carbocycles. The van der Waals surface area contributed by atoms with Crippen molar-refractivity contribution in [3.63, 3.8) is 0 Å². The number of benzene rings is 1. The second-order valence-corrected chi connectivity index (χ2v) is 4.36. The summed E-state index contributed by atoms with van der Waals surface area (Å²) in [5, 5.41) is 0. The number of amides is 2. The van der Waals surface area contributed by atoms with Gasteiger partial charge in [-0.1, -0.05) is 30.3 Å². The Morgan fingerprint density at radius 2 is 2.05 bits per heavy atom. The zero-order valence-electron chi connectivity index (χ0n) is 11.0. The zero-order valence-corrected chi connectivity index (χ0v) is 11.0. The van der Waals surface area contributed by atoms with Gasteiger partial charge in [0, 0.05) is 6.61 Å². The van der Waals surface area contributed by atoms with Crippen molar-refractivity contribution in [3.05, 3.63) is 35.9 Å². The predicted octanol–water partition coefficient (Wildman–Crippen LogP) is 2.13. The van der Waals surface area contributed by atoms with Gasteiger partial charge >= 0.3 is 6.09 Å². The van der Waals surface area contributed by atoms with Crippen molar-refractivity contribution < 1.29 is 19.1 Å². The van der Waals surface area contributed by atoms with E-state index < -0.39 is 12.2 Å². The van der Waals surface area contributed by atoms with E-state index in [9.17, 15) is 9.59 Å². The van der Waals surface area contributed by atoms with E-state index in [4.69, 9.17) is 9.47 Å². The third-order valence-electron chi connectivity index (χ3n) is 3.10. The van der Waals surface area contributed by atoms with Gasteiger partial charge in [-0.15, -0.1) is 0 Å². The van der Waals surface area contributed by atoms with Crippen LogP contribution >= 0.6 is 0 Å². The number of imide groups is 1. The van der Waals surface area contributed by atoms with Gasteiger partial charge in [0.15, 0.2) is 0 Å². The molecule has 1 saturated heterocycles.